The van der Waals surface area contributed by atoms with Crippen LogP contribution < -0.4 is 20.1 Å². The Hall–Kier alpha value is -2.75. The standard InChI is InChI=1S/C22H23ClFN5O3/c23-19-17(31-11-13-6-8-30-10-13)3-1-15(20(19)24)28-22-21-16(26-12-27-22)2-4-18(29-21)32-14-5-7-25-9-14/h1-4,12-14,25H,5-11H2,(H,26,27,28)/t13?,14-/m0/s1. The molecule has 0 radical (unpaired) electrons. The molecule has 2 fully saturated rings. The van der Waals surface area contributed by atoms with Crippen molar-refractivity contribution in [3.63, 3.8) is 0 Å². The summed E-state index contributed by atoms with van der Waals surface area (Å²) in [6.07, 6.45) is 3.31. The fourth-order valence-electron chi connectivity index (χ4n) is 3.77. The molecule has 2 N–H and O–H groups in total. The number of halogens is 2. The van der Waals surface area contributed by atoms with E-state index in [9.17, 15) is 0 Å². The topological polar surface area (TPSA) is 90.4 Å². The number of hydrogen-bond donors (Lipinski definition) is 2. The summed E-state index contributed by atoms with van der Waals surface area (Å²) in [6, 6.07) is 6.79. The summed E-state index contributed by atoms with van der Waals surface area (Å²) in [5.41, 5.74) is 1.26. The van der Waals surface area contributed by atoms with Gasteiger partial charge in [-0.1, -0.05) is 11.6 Å². The summed E-state index contributed by atoms with van der Waals surface area (Å²) >= 11 is 6.24. The molecule has 1 aromatic carbocycles. The molecular weight excluding hydrogens is 437 g/mol. The van der Waals surface area contributed by atoms with E-state index in [4.69, 9.17) is 25.8 Å². The predicted molar refractivity (Wildman–Crippen MR) is 118 cm³/mol. The molecule has 2 saturated heterocycles. The van der Waals surface area contributed by atoms with Gasteiger partial charge in [-0.2, -0.15) is 0 Å². The van der Waals surface area contributed by atoms with Gasteiger partial charge >= 0.3 is 0 Å². The number of rotatable bonds is 7. The van der Waals surface area contributed by atoms with E-state index in [1.165, 1.54) is 6.33 Å². The minimum Gasteiger partial charge on any atom is -0.492 e. The van der Waals surface area contributed by atoms with Gasteiger partial charge in [-0.3, -0.25) is 0 Å². The molecule has 2 atom stereocenters. The van der Waals surface area contributed by atoms with Crippen LogP contribution in [0, 0.1) is 11.7 Å². The van der Waals surface area contributed by atoms with Crippen molar-refractivity contribution in [2.75, 3.05) is 38.2 Å². The van der Waals surface area contributed by atoms with Crippen molar-refractivity contribution in [1.29, 1.82) is 0 Å². The molecule has 1 unspecified atom stereocenters. The number of pyridine rings is 1. The molecule has 8 nitrogen and oxygen atoms in total. The largest absolute Gasteiger partial charge is 0.492 e. The molecule has 0 amide bonds. The molecule has 2 aliphatic rings. The first-order valence-electron chi connectivity index (χ1n) is 10.6. The van der Waals surface area contributed by atoms with Gasteiger partial charge in [0.1, 0.15) is 28.7 Å². The number of aromatic nitrogens is 3. The van der Waals surface area contributed by atoms with E-state index in [1.54, 1.807) is 24.3 Å². The minimum absolute atomic E-state index is 0.0700. The van der Waals surface area contributed by atoms with Gasteiger partial charge in [0.15, 0.2) is 11.6 Å². The van der Waals surface area contributed by atoms with E-state index >= 15 is 4.39 Å². The smallest absolute Gasteiger partial charge is 0.214 e. The Morgan fingerprint density at radius 1 is 1.22 bits per heavy atom. The quantitative estimate of drug-likeness (QED) is 0.552. The van der Waals surface area contributed by atoms with Gasteiger partial charge < -0.3 is 24.8 Å². The van der Waals surface area contributed by atoms with Crippen LogP contribution in [0.25, 0.3) is 11.0 Å². The van der Waals surface area contributed by atoms with Gasteiger partial charge in [-0.05, 0) is 37.6 Å². The summed E-state index contributed by atoms with van der Waals surface area (Å²) in [5, 5.41) is 6.15. The maximum Gasteiger partial charge on any atom is 0.214 e. The number of nitrogens with zero attached hydrogens (tertiary/aromatic N) is 3. The lowest BCUT2D eigenvalue weighted by Gasteiger charge is -2.15. The highest BCUT2D eigenvalue weighted by atomic mass is 35.5. The molecule has 2 aromatic heterocycles. The summed E-state index contributed by atoms with van der Waals surface area (Å²) in [6.45, 7) is 3.51. The fourth-order valence-corrected chi connectivity index (χ4v) is 3.99. The first kappa shape index (κ1) is 21.1. The highest BCUT2D eigenvalue weighted by Gasteiger charge is 2.20. The van der Waals surface area contributed by atoms with E-state index in [1.807, 2.05) is 0 Å². The Bertz CT molecular complexity index is 1110. The first-order valence-corrected chi connectivity index (χ1v) is 11.0. The highest BCUT2D eigenvalue weighted by molar-refractivity contribution is 6.32. The normalized spacial score (nSPS) is 20.6. The lowest BCUT2D eigenvalue weighted by Crippen LogP contribution is -2.20. The van der Waals surface area contributed by atoms with Crippen LogP contribution in [0.15, 0.2) is 30.6 Å². The summed E-state index contributed by atoms with van der Waals surface area (Å²) in [4.78, 5) is 13.0. The SMILES string of the molecule is Fc1c(Nc2ncnc3ccc(O[C@H]4CCNC4)nc23)ccc(OCC2CCOC2)c1Cl. The minimum atomic E-state index is -0.622. The lowest BCUT2D eigenvalue weighted by atomic mass is 10.1. The van der Waals surface area contributed by atoms with E-state index in [0.29, 0.717) is 47.6 Å². The van der Waals surface area contributed by atoms with Crippen LogP contribution in [0.4, 0.5) is 15.9 Å². The van der Waals surface area contributed by atoms with Crippen molar-refractivity contribution in [2.24, 2.45) is 5.92 Å². The number of benzene rings is 1. The molecule has 2 aliphatic heterocycles. The fraction of sp³-hybridized carbons (Fsp3) is 0.409. The molecular formula is C22H23ClFN5O3. The highest BCUT2D eigenvalue weighted by Crippen LogP contribution is 2.34. The van der Waals surface area contributed by atoms with E-state index in [-0.39, 0.29) is 16.8 Å². The maximum atomic E-state index is 15.0. The Kier molecular flexibility index (Phi) is 6.20. The van der Waals surface area contributed by atoms with Crippen LogP contribution in [-0.4, -0.2) is 54.0 Å². The molecule has 5 rings (SSSR count). The third-order valence-electron chi connectivity index (χ3n) is 5.56. The van der Waals surface area contributed by atoms with Gasteiger partial charge in [-0.15, -0.1) is 0 Å². The van der Waals surface area contributed by atoms with Crippen molar-refractivity contribution >= 4 is 34.1 Å². The van der Waals surface area contributed by atoms with E-state index in [2.05, 4.69) is 25.6 Å². The van der Waals surface area contributed by atoms with Crippen molar-refractivity contribution in [3.05, 3.63) is 41.4 Å². The van der Waals surface area contributed by atoms with Crippen LogP contribution in [0.5, 0.6) is 11.6 Å². The van der Waals surface area contributed by atoms with Gasteiger partial charge in [0, 0.05) is 25.1 Å². The molecule has 168 valence electrons. The van der Waals surface area contributed by atoms with Crippen LogP contribution in [0.1, 0.15) is 12.8 Å². The molecule has 0 saturated carbocycles. The Balaban J connectivity index is 1.36. The molecule has 0 bridgehead atoms. The average molecular weight is 460 g/mol. The zero-order valence-electron chi connectivity index (χ0n) is 17.3. The van der Waals surface area contributed by atoms with Crippen LogP contribution in [0.2, 0.25) is 5.02 Å². The van der Waals surface area contributed by atoms with E-state index < -0.39 is 5.82 Å². The molecule has 10 heteroatoms. The Morgan fingerprint density at radius 3 is 2.97 bits per heavy atom. The second-order valence-electron chi connectivity index (χ2n) is 7.88. The zero-order valence-corrected chi connectivity index (χ0v) is 18.1. The second-order valence-corrected chi connectivity index (χ2v) is 8.25. The number of fused-ring (bicyclic) bond motifs is 1. The summed E-state index contributed by atoms with van der Waals surface area (Å²) in [7, 11) is 0. The third-order valence-corrected chi connectivity index (χ3v) is 5.91. The number of nitrogens with one attached hydrogen (secondary N) is 2. The Morgan fingerprint density at radius 2 is 2.16 bits per heavy atom. The first-order chi connectivity index (χ1) is 15.7. The van der Waals surface area contributed by atoms with Gasteiger partial charge in [-0.25, -0.2) is 19.3 Å². The zero-order chi connectivity index (χ0) is 21.9. The Labute approximate surface area is 189 Å². The van der Waals surface area contributed by atoms with Crippen molar-refractivity contribution in [1.82, 2.24) is 20.3 Å². The number of ether oxygens (including phenoxy) is 3. The van der Waals surface area contributed by atoms with Gasteiger partial charge in [0.05, 0.1) is 24.4 Å². The average Bonchev–Trinajstić information content (AvgIpc) is 3.51. The maximum absolute atomic E-state index is 15.0. The summed E-state index contributed by atoms with van der Waals surface area (Å²) < 4.78 is 32.0. The summed E-state index contributed by atoms with van der Waals surface area (Å²) in [5.74, 6) is 0.803. The lowest BCUT2D eigenvalue weighted by molar-refractivity contribution is 0.167. The third kappa shape index (κ3) is 4.55. The molecule has 3 aromatic rings. The number of hydrogen-bond acceptors (Lipinski definition) is 8. The van der Waals surface area contributed by atoms with Crippen molar-refractivity contribution < 1.29 is 18.6 Å². The van der Waals surface area contributed by atoms with Gasteiger partial charge in [0.2, 0.25) is 5.88 Å². The molecule has 0 aliphatic carbocycles. The van der Waals surface area contributed by atoms with Crippen LogP contribution in [0.3, 0.4) is 0 Å². The second kappa shape index (κ2) is 9.40. The molecule has 32 heavy (non-hydrogen) atoms. The molecule has 0 spiro atoms. The van der Waals surface area contributed by atoms with Crippen molar-refractivity contribution in [2.45, 2.75) is 18.9 Å². The van der Waals surface area contributed by atoms with Crippen LogP contribution in [-0.2, 0) is 4.74 Å². The van der Waals surface area contributed by atoms with Gasteiger partial charge in [0.25, 0.3) is 0 Å². The predicted octanol–water partition coefficient (Wildman–Crippen LogP) is 3.72. The number of anilines is 2. The van der Waals surface area contributed by atoms with Crippen LogP contribution >= 0.6 is 11.6 Å². The monoisotopic (exact) mass is 459 g/mol. The van der Waals surface area contributed by atoms with Crippen molar-refractivity contribution in [3.8, 4) is 11.6 Å². The molecule has 4 heterocycles. The van der Waals surface area contributed by atoms with E-state index in [0.717, 1.165) is 32.5 Å².